The minimum atomic E-state index is -0.189. The Balaban J connectivity index is 2.81. The van der Waals surface area contributed by atoms with E-state index < -0.39 is 0 Å². The highest BCUT2D eigenvalue weighted by Crippen LogP contribution is 2.22. The molecule has 0 saturated carbocycles. The van der Waals surface area contributed by atoms with Crippen LogP contribution in [0.5, 0.6) is 0 Å². The summed E-state index contributed by atoms with van der Waals surface area (Å²) >= 11 is 0. The molecule has 90 valence electrons. The molecular formula is C13H21FN2. The first kappa shape index (κ1) is 13.1. The average Bonchev–Trinajstić information content (AvgIpc) is 2.25. The summed E-state index contributed by atoms with van der Waals surface area (Å²) in [5.74, 6) is -0.189. The first-order valence-corrected chi connectivity index (χ1v) is 5.77. The highest BCUT2D eigenvalue weighted by Gasteiger charge is 2.17. The van der Waals surface area contributed by atoms with Gasteiger partial charge in [0.1, 0.15) is 5.82 Å². The fourth-order valence-electron chi connectivity index (χ4n) is 1.98. The predicted octanol–water partition coefficient (Wildman–Crippen LogP) is 2.56. The third kappa shape index (κ3) is 3.29. The van der Waals surface area contributed by atoms with Crippen LogP contribution in [-0.4, -0.2) is 24.0 Å². The number of benzene rings is 1. The van der Waals surface area contributed by atoms with Crippen molar-refractivity contribution in [1.82, 2.24) is 4.90 Å². The third-order valence-electron chi connectivity index (χ3n) is 2.90. The van der Waals surface area contributed by atoms with Crippen LogP contribution in [0.2, 0.25) is 0 Å². The van der Waals surface area contributed by atoms with Crippen LogP contribution in [0.15, 0.2) is 24.3 Å². The van der Waals surface area contributed by atoms with Gasteiger partial charge >= 0.3 is 0 Å². The van der Waals surface area contributed by atoms with E-state index in [2.05, 4.69) is 25.7 Å². The minimum absolute atomic E-state index is 0.189. The lowest BCUT2D eigenvalue weighted by Crippen LogP contribution is -2.37. The maximum atomic E-state index is 12.8. The molecular weight excluding hydrogens is 203 g/mol. The van der Waals surface area contributed by atoms with E-state index in [1.165, 1.54) is 12.1 Å². The van der Waals surface area contributed by atoms with Gasteiger partial charge in [0.05, 0.1) is 0 Å². The Kier molecular flexibility index (Phi) is 4.90. The number of hydrogen-bond acceptors (Lipinski definition) is 2. The molecule has 0 bridgehead atoms. The van der Waals surface area contributed by atoms with E-state index >= 15 is 0 Å². The molecule has 1 aromatic carbocycles. The second kappa shape index (κ2) is 5.97. The van der Waals surface area contributed by atoms with Gasteiger partial charge in [-0.1, -0.05) is 12.1 Å². The molecule has 0 radical (unpaired) electrons. The predicted molar refractivity (Wildman–Crippen MR) is 65.7 cm³/mol. The fraction of sp³-hybridized carbons (Fsp3) is 0.538. The van der Waals surface area contributed by atoms with Gasteiger partial charge in [-0.3, -0.25) is 4.90 Å². The van der Waals surface area contributed by atoms with Crippen LogP contribution in [0.25, 0.3) is 0 Å². The molecule has 0 aliphatic carbocycles. The zero-order valence-electron chi connectivity index (χ0n) is 10.3. The SMILES string of the molecule is CC(C)N(CCN)[C@@H](C)c1ccc(F)cc1. The second-order valence-electron chi connectivity index (χ2n) is 4.35. The minimum Gasteiger partial charge on any atom is -0.329 e. The van der Waals surface area contributed by atoms with Crippen LogP contribution in [-0.2, 0) is 0 Å². The van der Waals surface area contributed by atoms with Gasteiger partial charge in [-0.15, -0.1) is 0 Å². The zero-order chi connectivity index (χ0) is 12.1. The fourth-order valence-corrected chi connectivity index (χ4v) is 1.98. The van der Waals surface area contributed by atoms with Crippen molar-refractivity contribution in [3.8, 4) is 0 Å². The van der Waals surface area contributed by atoms with Crippen molar-refractivity contribution < 1.29 is 4.39 Å². The first-order valence-electron chi connectivity index (χ1n) is 5.77. The number of nitrogens with zero attached hydrogens (tertiary/aromatic N) is 1. The van der Waals surface area contributed by atoms with Crippen LogP contribution < -0.4 is 5.73 Å². The van der Waals surface area contributed by atoms with E-state index in [0.29, 0.717) is 12.6 Å². The van der Waals surface area contributed by atoms with Crippen LogP contribution in [0, 0.1) is 5.82 Å². The molecule has 1 atom stereocenters. The molecule has 3 heteroatoms. The van der Waals surface area contributed by atoms with Crippen molar-refractivity contribution in [2.75, 3.05) is 13.1 Å². The summed E-state index contributed by atoms with van der Waals surface area (Å²) in [5, 5.41) is 0. The van der Waals surface area contributed by atoms with Gasteiger partial charge in [0, 0.05) is 25.2 Å². The van der Waals surface area contributed by atoms with E-state index in [1.807, 2.05) is 12.1 Å². The monoisotopic (exact) mass is 224 g/mol. The molecule has 0 amide bonds. The molecule has 0 heterocycles. The molecule has 0 saturated heterocycles. The maximum Gasteiger partial charge on any atom is 0.123 e. The van der Waals surface area contributed by atoms with E-state index in [0.717, 1.165) is 12.1 Å². The van der Waals surface area contributed by atoms with Gasteiger partial charge < -0.3 is 5.73 Å². The lowest BCUT2D eigenvalue weighted by molar-refractivity contribution is 0.170. The Hall–Kier alpha value is -0.930. The highest BCUT2D eigenvalue weighted by atomic mass is 19.1. The number of hydrogen-bond donors (Lipinski definition) is 1. The van der Waals surface area contributed by atoms with Gasteiger partial charge in [-0.05, 0) is 38.5 Å². The standard InChI is InChI=1S/C13H21FN2/c1-10(2)16(9-8-15)11(3)12-4-6-13(14)7-5-12/h4-7,10-11H,8-9,15H2,1-3H3/t11-/m0/s1. The summed E-state index contributed by atoms with van der Waals surface area (Å²) in [4.78, 5) is 2.31. The molecule has 1 rings (SSSR count). The van der Waals surface area contributed by atoms with E-state index in [1.54, 1.807) is 0 Å². The Labute approximate surface area is 97.3 Å². The summed E-state index contributed by atoms with van der Waals surface area (Å²) in [6.07, 6.45) is 0. The van der Waals surface area contributed by atoms with Gasteiger partial charge in [-0.2, -0.15) is 0 Å². The van der Waals surface area contributed by atoms with Crippen molar-refractivity contribution >= 4 is 0 Å². The van der Waals surface area contributed by atoms with Gasteiger partial charge in [-0.25, -0.2) is 4.39 Å². The summed E-state index contributed by atoms with van der Waals surface area (Å²) in [5.41, 5.74) is 6.73. The smallest absolute Gasteiger partial charge is 0.123 e. The largest absolute Gasteiger partial charge is 0.329 e. The molecule has 16 heavy (non-hydrogen) atoms. The molecule has 0 fully saturated rings. The lowest BCUT2D eigenvalue weighted by Gasteiger charge is -2.32. The quantitative estimate of drug-likeness (QED) is 0.833. The van der Waals surface area contributed by atoms with Crippen molar-refractivity contribution in [2.24, 2.45) is 5.73 Å². The summed E-state index contributed by atoms with van der Waals surface area (Å²) in [6.45, 7) is 7.92. The van der Waals surface area contributed by atoms with Gasteiger partial charge in [0.25, 0.3) is 0 Å². The van der Waals surface area contributed by atoms with Crippen LogP contribution >= 0.6 is 0 Å². The third-order valence-corrected chi connectivity index (χ3v) is 2.90. The molecule has 1 aromatic rings. The van der Waals surface area contributed by atoms with Crippen molar-refractivity contribution in [3.05, 3.63) is 35.6 Å². The Morgan fingerprint density at radius 1 is 1.19 bits per heavy atom. The Morgan fingerprint density at radius 2 is 1.75 bits per heavy atom. The topological polar surface area (TPSA) is 29.3 Å². The first-order chi connectivity index (χ1) is 7.56. The van der Waals surface area contributed by atoms with Crippen molar-refractivity contribution in [1.29, 1.82) is 0 Å². The molecule has 0 aromatic heterocycles. The molecule has 2 N–H and O–H groups in total. The summed E-state index contributed by atoms with van der Waals surface area (Å²) in [6, 6.07) is 7.39. The second-order valence-corrected chi connectivity index (χ2v) is 4.35. The lowest BCUT2D eigenvalue weighted by atomic mass is 10.1. The zero-order valence-corrected chi connectivity index (χ0v) is 10.3. The van der Waals surface area contributed by atoms with Crippen LogP contribution in [0.4, 0.5) is 4.39 Å². The maximum absolute atomic E-state index is 12.8. The van der Waals surface area contributed by atoms with Crippen molar-refractivity contribution in [3.63, 3.8) is 0 Å². The van der Waals surface area contributed by atoms with Crippen LogP contribution in [0.1, 0.15) is 32.4 Å². The normalized spacial score (nSPS) is 13.4. The van der Waals surface area contributed by atoms with Gasteiger partial charge in [0.2, 0.25) is 0 Å². The number of nitrogens with two attached hydrogens (primary N) is 1. The van der Waals surface area contributed by atoms with E-state index in [4.69, 9.17) is 5.73 Å². The van der Waals surface area contributed by atoms with Crippen molar-refractivity contribution in [2.45, 2.75) is 32.9 Å². The number of halogens is 1. The Bertz CT molecular complexity index is 308. The molecule has 0 aliphatic heterocycles. The summed E-state index contributed by atoms with van der Waals surface area (Å²) in [7, 11) is 0. The molecule has 0 spiro atoms. The average molecular weight is 224 g/mol. The van der Waals surface area contributed by atoms with Gasteiger partial charge in [0.15, 0.2) is 0 Å². The summed E-state index contributed by atoms with van der Waals surface area (Å²) < 4.78 is 12.8. The molecule has 0 aliphatic rings. The Morgan fingerprint density at radius 3 is 2.19 bits per heavy atom. The van der Waals surface area contributed by atoms with E-state index in [9.17, 15) is 4.39 Å². The van der Waals surface area contributed by atoms with E-state index in [-0.39, 0.29) is 11.9 Å². The number of rotatable bonds is 5. The molecule has 2 nitrogen and oxygen atoms in total. The van der Waals surface area contributed by atoms with Crippen LogP contribution in [0.3, 0.4) is 0 Å². The molecule has 0 unspecified atom stereocenters. The highest BCUT2D eigenvalue weighted by molar-refractivity contribution is 5.19.